The molecule has 0 N–H and O–H groups in total. The van der Waals surface area contributed by atoms with E-state index in [0.29, 0.717) is 24.7 Å². The van der Waals surface area contributed by atoms with Crippen LogP contribution in [0.4, 0.5) is 48.3 Å². The van der Waals surface area contributed by atoms with Gasteiger partial charge in [0, 0.05) is 24.3 Å². The van der Waals surface area contributed by atoms with Crippen LogP contribution in [0.15, 0.2) is 48.5 Å². The number of hydrogen-bond donors (Lipinski definition) is 0. The Kier molecular flexibility index (Phi) is 11.8. The lowest BCUT2D eigenvalue weighted by molar-refractivity contribution is -0.224. The van der Waals surface area contributed by atoms with Gasteiger partial charge in [-0.2, -0.15) is 30.7 Å². The van der Waals surface area contributed by atoms with E-state index in [2.05, 4.69) is 20.3 Å². The normalized spacial score (nSPS) is 22.3. The molecule has 2 fully saturated rings. The summed E-state index contributed by atoms with van der Waals surface area (Å²) in [6.07, 6.45) is 0.0474. The van der Waals surface area contributed by atoms with Gasteiger partial charge in [-0.1, -0.05) is 25.0 Å². The van der Waals surface area contributed by atoms with Crippen LogP contribution in [-0.2, 0) is 6.11 Å². The second-order valence-electron chi connectivity index (χ2n) is 11.9. The first kappa shape index (κ1) is 36.4. The van der Waals surface area contributed by atoms with E-state index in [1.807, 2.05) is 13.0 Å². The summed E-state index contributed by atoms with van der Waals surface area (Å²) in [4.78, 5) is 0. The van der Waals surface area contributed by atoms with E-state index >= 15 is 8.78 Å². The maximum absolute atomic E-state index is 15.1. The Hall–Kier alpha value is -3.45. The van der Waals surface area contributed by atoms with E-state index < -0.39 is 76.3 Å². The van der Waals surface area contributed by atoms with Gasteiger partial charge >= 0.3 is 24.3 Å². The van der Waals surface area contributed by atoms with E-state index in [1.54, 1.807) is 0 Å². The van der Waals surface area contributed by atoms with Crippen molar-refractivity contribution < 1.29 is 62.5 Å². The summed E-state index contributed by atoms with van der Waals surface area (Å²) in [6.45, 7) is 1.99. The summed E-state index contributed by atoms with van der Waals surface area (Å²) in [5, 5.41) is 0. The zero-order valence-corrected chi connectivity index (χ0v) is 25.2. The average molecular weight is 687 g/mol. The number of ether oxygens (including phenoxy) is 3. The molecule has 4 rings (SSSR count). The van der Waals surface area contributed by atoms with Crippen molar-refractivity contribution in [3.05, 3.63) is 77.3 Å². The lowest BCUT2D eigenvalue weighted by Crippen LogP contribution is -2.38. The molecular weight excluding hydrogens is 653 g/mol. The van der Waals surface area contributed by atoms with E-state index in [0.717, 1.165) is 38.5 Å². The molecule has 2 saturated carbocycles. The molecule has 0 radical (unpaired) electrons. The van der Waals surface area contributed by atoms with Crippen molar-refractivity contribution in [1.29, 1.82) is 0 Å². The predicted octanol–water partition coefficient (Wildman–Crippen LogP) is 11.7. The Morgan fingerprint density at radius 1 is 0.723 bits per heavy atom. The minimum atomic E-state index is -4.98. The molecule has 260 valence electrons. The molecule has 2 aliphatic rings. The Labute approximate surface area is 264 Å². The van der Waals surface area contributed by atoms with Gasteiger partial charge in [0.25, 0.3) is 0 Å². The van der Waals surface area contributed by atoms with Gasteiger partial charge in [0.2, 0.25) is 5.75 Å². The zero-order valence-electron chi connectivity index (χ0n) is 25.2. The molecule has 2 aromatic carbocycles. The summed E-state index contributed by atoms with van der Waals surface area (Å²) < 4.78 is 167. The Balaban J connectivity index is 1.37. The zero-order chi connectivity index (χ0) is 34.5. The van der Waals surface area contributed by atoms with Gasteiger partial charge in [0.05, 0.1) is 5.92 Å². The van der Waals surface area contributed by atoms with Crippen LogP contribution < -0.4 is 14.2 Å². The molecule has 0 saturated heterocycles. The standard InChI is InChI=1S/C33H33F11O3/c1-2-3-4-5-18-6-8-19(9-7-18)20-10-12-21(13-11-20)32(41,42)46-22-14-24(34)28(25(35)15-22)33(43,44)47-23-16-26(36)29(27(37)17-23)45-31(40)30(38)39/h2-3,14-21H,4-13H2,1H3/b3-2+. The molecular formula is C33H33F11O3. The summed E-state index contributed by atoms with van der Waals surface area (Å²) in [6, 6.07) is -2.56. The van der Waals surface area contributed by atoms with E-state index in [9.17, 15) is 39.5 Å². The molecule has 3 nitrogen and oxygen atoms in total. The third kappa shape index (κ3) is 9.13. The van der Waals surface area contributed by atoms with Gasteiger partial charge < -0.3 is 14.2 Å². The largest absolute Gasteiger partial charge is 0.432 e. The molecule has 47 heavy (non-hydrogen) atoms. The highest BCUT2D eigenvalue weighted by Crippen LogP contribution is 2.46. The lowest BCUT2D eigenvalue weighted by atomic mass is 9.68. The quantitative estimate of drug-likeness (QED) is 0.126. The summed E-state index contributed by atoms with van der Waals surface area (Å²) in [5.74, 6) is -12.2. The predicted molar refractivity (Wildman–Crippen MR) is 149 cm³/mol. The molecule has 0 heterocycles. The molecule has 2 aliphatic carbocycles. The Morgan fingerprint density at radius 3 is 1.72 bits per heavy atom. The summed E-state index contributed by atoms with van der Waals surface area (Å²) in [5.41, 5.74) is -2.10. The van der Waals surface area contributed by atoms with Gasteiger partial charge in [-0.25, -0.2) is 17.6 Å². The first-order chi connectivity index (χ1) is 22.1. The number of alkyl halides is 4. The Morgan fingerprint density at radius 2 is 1.21 bits per heavy atom. The maximum atomic E-state index is 15.1. The van der Waals surface area contributed by atoms with Crippen LogP contribution >= 0.6 is 0 Å². The van der Waals surface area contributed by atoms with Crippen molar-refractivity contribution in [1.82, 2.24) is 0 Å². The van der Waals surface area contributed by atoms with Crippen LogP contribution in [0.3, 0.4) is 0 Å². The molecule has 0 aliphatic heterocycles. The van der Waals surface area contributed by atoms with Crippen molar-refractivity contribution >= 4 is 0 Å². The van der Waals surface area contributed by atoms with Crippen molar-refractivity contribution in [2.45, 2.75) is 83.3 Å². The van der Waals surface area contributed by atoms with E-state index in [4.69, 9.17) is 0 Å². The van der Waals surface area contributed by atoms with Gasteiger partial charge in [0.1, 0.15) is 28.7 Å². The second kappa shape index (κ2) is 15.2. The second-order valence-corrected chi connectivity index (χ2v) is 11.9. The molecule has 0 unspecified atom stereocenters. The monoisotopic (exact) mass is 686 g/mol. The maximum Gasteiger partial charge on any atom is 0.432 e. The highest BCUT2D eigenvalue weighted by Gasteiger charge is 2.46. The van der Waals surface area contributed by atoms with Crippen molar-refractivity contribution in [2.75, 3.05) is 0 Å². The van der Waals surface area contributed by atoms with Crippen LogP contribution in [0.2, 0.25) is 0 Å². The van der Waals surface area contributed by atoms with Crippen LogP contribution in [-0.4, -0.2) is 6.11 Å². The first-order valence-corrected chi connectivity index (χ1v) is 15.2. The Bertz CT molecular complexity index is 1390. The third-order valence-corrected chi connectivity index (χ3v) is 8.90. The fourth-order valence-electron chi connectivity index (χ4n) is 6.52. The molecule has 0 aromatic heterocycles. The summed E-state index contributed by atoms with van der Waals surface area (Å²) >= 11 is 0. The highest BCUT2D eigenvalue weighted by molar-refractivity contribution is 5.37. The van der Waals surface area contributed by atoms with Crippen LogP contribution in [0.5, 0.6) is 17.2 Å². The number of rotatable bonds is 12. The molecule has 0 atom stereocenters. The molecule has 14 heteroatoms. The number of benzene rings is 2. The minimum absolute atomic E-state index is 0.0459. The average Bonchev–Trinajstić information content (AvgIpc) is 2.98. The number of halogens is 11. The fraction of sp³-hybridized carbons (Fsp3) is 0.515. The molecule has 0 spiro atoms. The highest BCUT2D eigenvalue weighted by atomic mass is 19.3. The number of hydrogen-bond acceptors (Lipinski definition) is 3. The van der Waals surface area contributed by atoms with Crippen LogP contribution in [0.1, 0.15) is 76.7 Å². The van der Waals surface area contributed by atoms with Crippen molar-refractivity contribution in [2.24, 2.45) is 23.7 Å². The fourth-order valence-corrected chi connectivity index (χ4v) is 6.52. The number of allylic oxidation sites excluding steroid dienone is 2. The molecule has 2 aromatic rings. The smallest absolute Gasteiger partial charge is 0.432 e. The van der Waals surface area contributed by atoms with Gasteiger partial charge in [-0.3, -0.25) is 0 Å². The first-order valence-electron chi connectivity index (χ1n) is 15.2. The molecule has 0 bridgehead atoms. The van der Waals surface area contributed by atoms with Gasteiger partial charge in [-0.15, -0.1) is 0 Å². The third-order valence-electron chi connectivity index (χ3n) is 8.90. The van der Waals surface area contributed by atoms with Crippen LogP contribution in [0, 0.1) is 46.9 Å². The SMILES string of the molecule is C/C=C/CCC1CCC(C2CCC(C(F)(F)Oc3cc(F)c(C(F)(F)Oc4cc(F)c(OC(F)=C(F)F)c(F)c4)c(F)c3)CC2)CC1. The topological polar surface area (TPSA) is 27.7 Å². The van der Waals surface area contributed by atoms with Gasteiger partial charge in [-0.05, 0) is 76.0 Å². The summed E-state index contributed by atoms with van der Waals surface area (Å²) in [7, 11) is 0. The van der Waals surface area contributed by atoms with Crippen molar-refractivity contribution in [3.8, 4) is 17.2 Å². The van der Waals surface area contributed by atoms with Gasteiger partial charge in [0.15, 0.2) is 11.6 Å². The van der Waals surface area contributed by atoms with E-state index in [-0.39, 0.29) is 43.0 Å². The lowest BCUT2D eigenvalue weighted by Gasteiger charge is -2.39. The molecule has 0 amide bonds. The van der Waals surface area contributed by atoms with Crippen LogP contribution in [0.25, 0.3) is 0 Å². The minimum Gasteiger partial charge on any atom is -0.432 e. The van der Waals surface area contributed by atoms with E-state index in [1.165, 1.54) is 0 Å². The van der Waals surface area contributed by atoms with Crippen molar-refractivity contribution in [3.63, 3.8) is 0 Å².